The molecule has 1 amide bonds. The average molecular weight is 578 g/mol. The van der Waals surface area contributed by atoms with E-state index in [0.717, 1.165) is 47.7 Å². The number of nitrogens with one attached hydrogen (secondary N) is 2. The zero-order chi connectivity index (χ0) is 30.1. The van der Waals surface area contributed by atoms with Crippen LogP contribution >= 0.6 is 11.6 Å². The van der Waals surface area contributed by atoms with E-state index < -0.39 is 11.3 Å². The Bertz CT molecular complexity index is 1080. The zero-order valence-electron chi connectivity index (χ0n) is 25.5. The molecule has 0 radical (unpaired) electrons. The fraction of sp³-hybridized carbons (Fsp3) is 0.613. The van der Waals surface area contributed by atoms with E-state index in [1.807, 2.05) is 52.1 Å². The summed E-state index contributed by atoms with van der Waals surface area (Å²) in [6, 6.07) is 5.81. The predicted molar refractivity (Wildman–Crippen MR) is 167 cm³/mol. The third kappa shape index (κ3) is 9.60. The lowest BCUT2D eigenvalue weighted by molar-refractivity contribution is -0.107. The Labute approximate surface area is 245 Å². The molecule has 0 aromatic heterocycles. The first-order valence-corrected chi connectivity index (χ1v) is 14.6. The summed E-state index contributed by atoms with van der Waals surface area (Å²) >= 11 is 6.77. The van der Waals surface area contributed by atoms with Crippen LogP contribution in [0, 0.1) is 18.8 Å². The normalized spacial score (nSPS) is 22.9. The number of aliphatic hydroxyl groups is 1. The molecular formula is C31H49ClFN5O2. The van der Waals surface area contributed by atoms with E-state index in [4.69, 9.17) is 11.6 Å². The highest BCUT2D eigenvalue weighted by molar-refractivity contribution is 6.32. The Hall–Kier alpha value is -2.42. The molecule has 0 saturated carbocycles. The first kappa shape index (κ1) is 33.8. The molecule has 1 fully saturated rings. The summed E-state index contributed by atoms with van der Waals surface area (Å²) in [5.74, 6) is 0.524. The number of amides is 1. The minimum atomic E-state index is -1.24. The Kier molecular flexibility index (Phi) is 12.7. The second-order valence-corrected chi connectivity index (χ2v) is 12.2. The van der Waals surface area contributed by atoms with Crippen molar-refractivity contribution in [1.29, 1.82) is 0 Å². The number of unbranched alkanes of at least 4 members (excludes halogenated alkanes) is 1. The molecule has 1 aliphatic rings. The van der Waals surface area contributed by atoms with E-state index >= 15 is 4.39 Å². The molecular weight excluding hydrogens is 529 g/mol. The van der Waals surface area contributed by atoms with Gasteiger partial charge in [0.05, 0.1) is 16.3 Å². The first-order valence-electron chi connectivity index (χ1n) is 14.2. The summed E-state index contributed by atoms with van der Waals surface area (Å²) < 4.78 is 15.3. The van der Waals surface area contributed by atoms with Gasteiger partial charge < -0.3 is 25.5 Å². The van der Waals surface area contributed by atoms with Gasteiger partial charge in [0.1, 0.15) is 11.5 Å². The molecule has 1 heterocycles. The smallest absolute Gasteiger partial charge is 0.214 e. The second kappa shape index (κ2) is 15.0. The van der Waals surface area contributed by atoms with E-state index in [2.05, 4.69) is 27.4 Å². The van der Waals surface area contributed by atoms with Crippen molar-refractivity contribution in [1.82, 2.24) is 10.2 Å². The number of likely N-dealkylation sites (tertiary alicyclic amines) is 1. The fourth-order valence-corrected chi connectivity index (χ4v) is 4.95. The lowest BCUT2D eigenvalue weighted by Crippen LogP contribution is -2.56. The van der Waals surface area contributed by atoms with Crippen molar-refractivity contribution in [3.05, 3.63) is 46.8 Å². The molecule has 1 aromatic rings. The van der Waals surface area contributed by atoms with Crippen molar-refractivity contribution < 1.29 is 14.3 Å². The molecule has 0 aliphatic carbocycles. The number of hydrogen-bond donors (Lipinski definition) is 3. The van der Waals surface area contributed by atoms with Crippen LogP contribution in [0.1, 0.15) is 66.4 Å². The van der Waals surface area contributed by atoms with Gasteiger partial charge in [-0.05, 0) is 72.2 Å². The number of anilines is 2. The topological polar surface area (TPSA) is 80.2 Å². The van der Waals surface area contributed by atoms with Gasteiger partial charge in [-0.3, -0.25) is 4.79 Å². The van der Waals surface area contributed by atoms with E-state index in [1.54, 1.807) is 31.9 Å². The molecule has 1 saturated heterocycles. The van der Waals surface area contributed by atoms with Gasteiger partial charge in [-0.1, -0.05) is 44.0 Å². The van der Waals surface area contributed by atoms with Gasteiger partial charge in [-0.25, -0.2) is 9.38 Å². The van der Waals surface area contributed by atoms with Crippen molar-refractivity contribution in [3.8, 4) is 0 Å². The number of aryl methyl sites for hydroxylation is 1. The Morgan fingerprint density at radius 1 is 1.38 bits per heavy atom. The molecule has 0 spiro atoms. The summed E-state index contributed by atoms with van der Waals surface area (Å²) in [6.07, 6.45) is 6.70. The van der Waals surface area contributed by atoms with Crippen LogP contribution in [-0.4, -0.2) is 66.7 Å². The van der Waals surface area contributed by atoms with Crippen molar-refractivity contribution in [3.63, 3.8) is 0 Å². The van der Waals surface area contributed by atoms with Gasteiger partial charge in [-0.15, -0.1) is 0 Å². The number of alkyl halides is 1. The lowest BCUT2D eigenvalue weighted by Gasteiger charge is -2.46. The largest absolute Gasteiger partial charge is 0.390 e. The number of amidine groups is 1. The number of allylic oxidation sites excluding steroid dienone is 2. The maximum absolute atomic E-state index is 15.3. The molecule has 1 aromatic carbocycles. The van der Waals surface area contributed by atoms with Crippen molar-refractivity contribution in [2.24, 2.45) is 16.8 Å². The van der Waals surface area contributed by atoms with Crippen LogP contribution in [0.15, 0.2) is 46.2 Å². The van der Waals surface area contributed by atoms with Crippen LogP contribution in [0.2, 0.25) is 0 Å². The first-order chi connectivity index (χ1) is 18.7. The number of carbonyl (C=O) groups is 1. The summed E-state index contributed by atoms with van der Waals surface area (Å²) in [6.45, 7) is 15.3. The Morgan fingerprint density at radius 2 is 2.08 bits per heavy atom. The standard InChI is InChI=1S/C31H49ClFN5O2/c1-9-10-11-28(36-26-13-12-22(2)29(16-26)37(21-39)15-14-30(5,6)40)27(32)18-35-24(4)38-19-23(3)31(7,33)25(20-38)17-34-8/h11-13,16,18,21,23,25,34,36,40H,9-10,14-15,17,19-20H2,1-8H3/b27-18+,28-11-,35-24?. The zero-order valence-corrected chi connectivity index (χ0v) is 26.3. The fourth-order valence-electron chi connectivity index (χ4n) is 4.78. The molecule has 7 nitrogen and oxygen atoms in total. The maximum Gasteiger partial charge on any atom is 0.214 e. The Morgan fingerprint density at radius 3 is 2.67 bits per heavy atom. The predicted octanol–water partition coefficient (Wildman–Crippen LogP) is 6.23. The summed E-state index contributed by atoms with van der Waals surface area (Å²) in [5.41, 5.74) is 1.11. The molecule has 3 N–H and O–H groups in total. The molecule has 3 atom stereocenters. The van der Waals surface area contributed by atoms with E-state index in [9.17, 15) is 9.90 Å². The average Bonchev–Trinajstić information content (AvgIpc) is 2.88. The number of aliphatic imine (C=N–C) groups is 1. The van der Waals surface area contributed by atoms with Crippen LogP contribution in [0.4, 0.5) is 15.8 Å². The summed E-state index contributed by atoms with van der Waals surface area (Å²) in [4.78, 5) is 20.3. The summed E-state index contributed by atoms with van der Waals surface area (Å²) in [5, 5.41) is 17.1. The van der Waals surface area contributed by atoms with Crippen LogP contribution in [-0.2, 0) is 4.79 Å². The number of benzene rings is 1. The van der Waals surface area contributed by atoms with Gasteiger partial charge in [0, 0.05) is 55.6 Å². The van der Waals surface area contributed by atoms with Crippen LogP contribution in [0.5, 0.6) is 0 Å². The van der Waals surface area contributed by atoms with Gasteiger partial charge >= 0.3 is 0 Å². The molecule has 9 heteroatoms. The molecule has 224 valence electrons. The SMILES string of the molecule is CCC/C=C(Nc1ccc(C)c(N(C=O)CCC(C)(C)O)c1)/C(Cl)=C\N=C(C)N1CC(C)C(C)(F)C(CNC)C1. The lowest BCUT2D eigenvalue weighted by atomic mass is 9.77. The van der Waals surface area contributed by atoms with Crippen molar-refractivity contribution >= 4 is 35.2 Å². The Balaban J connectivity index is 2.27. The van der Waals surface area contributed by atoms with Crippen molar-refractivity contribution in [2.45, 2.75) is 79.0 Å². The number of nitrogens with zero attached hydrogens (tertiary/aromatic N) is 3. The van der Waals surface area contributed by atoms with E-state index in [-0.39, 0.29) is 11.8 Å². The van der Waals surface area contributed by atoms with E-state index in [1.165, 1.54) is 0 Å². The molecule has 3 unspecified atom stereocenters. The maximum atomic E-state index is 15.3. The van der Waals surface area contributed by atoms with Crippen molar-refractivity contribution in [2.75, 3.05) is 43.4 Å². The van der Waals surface area contributed by atoms with Crippen LogP contribution in [0.3, 0.4) is 0 Å². The molecule has 0 bridgehead atoms. The second-order valence-electron chi connectivity index (χ2n) is 11.8. The molecule has 1 aliphatic heterocycles. The number of carbonyl (C=O) groups excluding carboxylic acids is 1. The quantitative estimate of drug-likeness (QED) is 0.112. The minimum absolute atomic E-state index is 0.129. The summed E-state index contributed by atoms with van der Waals surface area (Å²) in [7, 11) is 1.85. The highest BCUT2D eigenvalue weighted by Gasteiger charge is 2.44. The van der Waals surface area contributed by atoms with Gasteiger partial charge in [0.25, 0.3) is 0 Å². The monoisotopic (exact) mass is 577 g/mol. The number of piperidine rings is 1. The van der Waals surface area contributed by atoms with Gasteiger partial charge in [0.15, 0.2) is 0 Å². The van der Waals surface area contributed by atoms with Gasteiger partial charge in [0.2, 0.25) is 6.41 Å². The van der Waals surface area contributed by atoms with Crippen LogP contribution < -0.4 is 15.5 Å². The van der Waals surface area contributed by atoms with Crippen LogP contribution in [0.25, 0.3) is 0 Å². The third-order valence-corrected chi connectivity index (χ3v) is 8.05. The number of halogens is 2. The number of hydrogen-bond acceptors (Lipinski definition) is 5. The van der Waals surface area contributed by atoms with Gasteiger partial charge in [-0.2, -0.15) is 0 Å². The minimum Gasteiger partial charge on any atom is -0.390 e. The molecule has 2 rings (SSSR count). The van der Waals surface area contributed by atoms with E-state index in [0.29, 0.717) is 37.6 Å². The number of rotatable bonds is 13. The third-order valence-electron chi connectivity index (χ3n) is 7.75. The highest BCUT2D eigenvalue weighted by Crippen LogP contribution is 2.36. The molecule has 40 heavy (non-hydrogen) atoms. The highest BCUT2D eigenvalue weighted by atomic mass is 35.5.